The molecule has 3 fully saturated rings. The van der Waals surface area contributed by atoms with Crippen molar-refractivity contribution in [3.05, 3.63) is 101 Å². The number of carbonyl (C=O) groups is 2. The van der Waals surface area contributed by atoms with Crippen LogP contribution in [-0.4, -0.2) is 106 Å². The van der Waals surface area contributed by atoms with E-state index < -0.39 is 6.43 Å². The van der Waals surface area contributed by atoms with E-state index >= 15 is 0 Å². The number of aromatic nitrogens is 4. The summed E-state index contributed by atoms with van der Waals surface area (Å²) in [5.74, 6) is 1.82. The lowest BCUT2D eigenvalue weighted by Gasteiger charge is -2.63. The lowest BCUT2D eigenvalue weighted by Crippen LogP contribution is -2.74. The predicted molar refractivity (Wildman–Crippen MR) is 278 cm³/mol. The lowest BCUT2D eigenvalue weighted by atomic mass is 9.49. The van der Waals surface area contributed by atoms with E-state index in [4.69, 9.17) is 14.6 Å². The summed E-state index contributed by atoms with van der Waals surface area (Å²) in [6.45, 7) is 13.7. The van der Waals surface area contributed by atoms with E-state index in [1.807, 2.05) is 23.1 Å². The number of hydrogen-bond donors (Lipinski definition) is 1. The second-order valence-electron chi connectivity index (χ2n) is 22.3. The van der Waals surface area contributed by atoms with E-state index in [0.717, 1.165) is 92.8 Å². The van der Waals surface area contributed by atoms with Gasteiger partial charge < -0.3 is 34.4 Å². The highest BCUT2D eigenvalue weighted by Crippen LogP contribution is 2.56. The Morgan fingerprint density at radius 1 is 0.918 bits per heavy atom. The first-order valence-electron chi connectivity index (χ1n) is 26.2. The van der Waals surface area contributed by atoms with Gasteiger partial charge >= 0.3 is 0 Å². The van der Waals surface area contributed by atoms with Gasteiger partial charge in [0.05, 0.1) is 31.5 Å². The Kier molecular flexibility index (Phi) is 13.6. The number of anilines is 3. The predicted octanol–water partition coefficient (Wildman–Crippen LogP) is 9.79. The normalized spacial score (nSPS) is 22.6. The quantitative estimate of drug-likeness (QED) is 0.129. The van der Waals surface area contributed by atoms with Gasteiger partial charge in [0.2, 0.25) is 5.91 Å². The Balaban J connectivity index is 0.756. The van der Waals surface area contributed by atoms with Crippen LogP contribution < -0.4 is 24.6 Å². The molecule has 5 aliphatic rings. The number of methoxy groups -OCH3 is 1. The van der Waals surface area contributed by atoms with E-state index in [1.54, 1.807) is 55.3 Å². The second-order valence-corrected chi connectivity index (χ2v) is 22.3. The molecule has 14 nitrogen and oxygen atoms in total. The molecule has 386 valence electrons. The number of piperidine rings is 1. The van der Waals surface area contributed by atoms with Gasteiger partial charge in [-0.3, -0.25) is 19.0 Å². The molecule has 0 atom stereocenters. The van der Waals surface area contributed by atoms with Gasteiger partial charge in [-0.25, -0.2) is 8.78 Å². The van der Waals surface area contributed by atoms with Crippen LogP contribution >= 0.6 is 0 Å². The third-order valence-corrected chi connectivity index (χ3v) is 17.2. The van der Waals surface area contributed by atoms with Crippen LogP contribution in [0.3, 0.4) is 0 Å². The molecule has 0 spiro atoms. The van der Waals surface area contributed by atoms with E-state index in [-0.39, 0.29) is 46.4 Å². The first-order valence-corrected chi connectivity index (χ1v) is 26.2. The van der Waals surface area contributed by atoms with Gasteiger partial charge in [0.15, 0.2) is 5.82 Å². The molecule has 2 saturated carbocycles. The summed E-state index contributed by atoms with van der Waals surface area (Å²) in [5, 5.41) is 22.4. The first-order chi connectivity index (χ1) is 35.0. The van der Waals surface area contributed by atoms with Crippen molar-refractivity contribution in [2.45, 2.75) is 136 Å². The highest BCUT2D eigenvalue weighted by molar-refractivity contribution is 5.95. The molecule has 2 aromatic heterocycles. The molecule has 5 aromatic rings. The number of benzene rings is 3. The molecule has 2 amide bonds. The third-order valence-electron chi connectivity index (χ3n) is 17.2. The van der Waals surface area contributed by atoms with Gasteiger partial charge in [-0.1, -0.05) is 27.7 Å². The average Bonchev–Trinajstić information content (AvgIpc) is 4.02. The number of aryl methyl sites for hydroxylation is 2. The molecule has 5 heterocycles. The SMILES string of the molecule is COc1cc(OC2C(C)(C)C(NC(=O)c3ccc(N4CCC(N(C)C5CCC(n6nc(N7CCCc8cc(-c9cnn(C)c9)c(C(F)F)cc87)c7c6CCN(C(C)=O)C7)CC5)CC4)cc3)C2(C)C)ccc1C#N. The van der Waals surface area contributed by atoms with Gasteiger partial charge in [0.1, 0.15) is 23.7 Å². The van der Waals surface area contributed by atoms with E-state index in [9.17, 15) is 23.6 Å². The Labute approximate surface area is 428 Å². The van der Waals surface area contributed by atoms with Crippen LogP contribution in [-0.2, 0) is 31.2 Å². The summed E-state index contributed by atoms with van der Waals surface area (Å²) in [6, 6.07) is 20.0. The first kappa shape index (κ1) is 50.1. The summed E-state index contributed by atoms with van der Waals surface area (Å²) in [4.78, 5) is 35.6. The summed E-state index contributed by atoms with van der Waals surface area (Å²) < 4.78 is 45.4. The molecule has 3 aromatic carbocycles. The van der Waals surface area contributed by atoms with Crippen molar-refractivity contribution in [1.29, 1.82) is 5.26 Å². The number of hydrogen-bond acceptors (Lipinski definition) is 10. The average molecular weight is 997 g/mol. The van der Waals surface area contributed by atoms with Gasteiger partial charge in [-0.05, 0) is 118 Å². The molecule has 0 bridgehead atoms. The number of halogens is 2. The molecule has 3 aliphatic heterocycles. The van der Waals surface area contributed by atoms with Gasteiger partial charge in [0.25, 0.3) is 12.3 Å². The minimum absolute atomic E-state index is 0.00853. The molecular weight excluding hydrogens is 927 g/mol. The molecule has 1 saturated heterocycles. The van der Waals surface area contributed by atoms with E-state index in [2.05, 4.69) is 82.7 Å². The van der Waals surface area contributed by atoms with Crippen LogP contribution in [0.15, 0.2) is 67.0 Å². The molecule has 10 rings (SSSR count). The Morgan fingerprint density at radius 3 is 2.27 bits per heavy atom. The van der Waals surface area contributed by atoms with Crippen molar-refractivity contribution in [2.75, 3.05) is 50.1 Å². The second kappa shape index (κ2) is 19.8. The number of rotatable bonds is 12. The van der Waals surface area contributed by atoms with Crippen molar-refractivity contribution in [3.63, 3.8) is 0 Å². The number of ether oxygens (including phenoxy) is 2. The van der Waals surface area contributed by atoms with Crippen LogP contribution in [0.25, 0.3) is 11.1 Å². The minimum Gasteiger partial charge on any atom is -0.495 e. The highest BCUT2D eigenvalue weighted by atomic mass is 19.3. The monoisotopic (exact) mass is 997 g/mol. The molecule has 0 radical (unpaired) electrons. The maximum atomic E-state index is 14.8. The zero-order valence-electron chi connectivity index (χ0n) is 43.6. The fourth-order valence-electron chi connectivity index (χ4n) is 13.4. The lowest BCUT2D eigenvalue weighted by molar-refractivity contribution is -0.164. The maximum Gasteiger partial charge on any atom is 0.264 e. The summed E-state index contributed by atoms with van der Waals surface area (Å²) in [7, 11) is 5.63. The molecule has 16 heteroatoms. The molecule has 1 N–H and O–H groups in total. The fourth-order valence-corrected chi connectivity index (χ4v) is 13.4. The van der Waals surface area contributed by atoms with Crippen molar-refractivity contribution >= 4 is 29.0 Å². The summed E-state index contributed by atoms with van der Waals surface area (Å²) in [6.07, 6.45) is 9.19. The van der Waals surface area contributed by atoms with Crippen LogP contribution in [0.2, 0.25) is 0 Å². The van der Waals surface area contributed by atoms with E-state index in [0.29, 0.717) is 71.9 Å². The molecular formula is C57H70F2N10O4. The minimum atomic E-state index is -2.66. The number of nitriles is 1. The summed E-state index contributed by atoms with van der Waals surface area (Å²) >= 11 is 0. The largest absolute Gasteiger partial charge is 0.495 e. The van der Waals surface area contributed by atoms with Crippen LogP contribution in [0, 0.1) is 22.2 Å². The molecule has 73 heavy (non-hydrogen) atoms. The number of nitrogens with one attached hydrogen (secondary N) is 1. The van der Waals surface area contributed by atoms with E-state index in [1.165, 1.54) is 12.8 Å². The smallest absolute Gasteiger partial charge is 0.264 e. The Morgan fingerprint density at radius 2 is 1.63 bits per heavy atom. The Hall–Kier alpha value is -6.47. The van der Waals surface area contributed by atoms with Crippen molar-refractivity contribution < 1.29 is 27.8 Å². The standard InChI is InChI=1S/C57H70F2N10O4/c1-35(70)67-27-23-48-47(34-67)52(68-24-9-10-37-28-45(39-32-61-64(6)33-39)46(51(58)59)30-49(37)68)63-69(48)43-18-16-40(17-19-43)65(7)41-21-25-66(26-22-41)42-14-11-36(12-15-42)53(71)62-54-56(2,3)55(57(54,4)5)73-44-20-13-38(31-60)50(29-44)72-8/h11-15,20,28-30,32-33,40-41,43,51,54-55H,9-10,16-19,21-27,34H2,1-8H3,(H,62,71). The zero-order chi connectivity index (χ0) is 51.5. The molecule has 0 unspecified atom stereocenters. The highest BCUT2D eigenvalue weighted by Gasteiger charge is 2.64. The number of alkyl halides is 2. The van der Waals surface area contributed by atoms with Crippen LogP contribution in [0.4, 0.5) is 26.0 Å². The number of amides is 2. The van der Waals surface area contributed by atoms with Crippen molar-refractivity contribution in [3.8, 4) is 28.7 Å². The van der Waals surface area contributed by atoms with Crippen LogP contribution in [0.1, 0.15) is 130 Å². The zero-order valence-corrected chi connectivity index (χ0v) is 43.6. The summed E-state index contributed by atoms with van der Waals surface area (Å²) in [5.41, 5.74) is 6.69. The van der Waals surface area contributed by atoms with Crippen LogP contribution in [0.5, 0.6) is 11.5 Å². The van der Waals surface area contributed by atoms with Gasteiger partial charge in [-0.15, -0.1) is 0 Å². The number of carbonyl (C=O) groups excluding carboxylic acids is 2. The topological polar surface area (TPSA) is 137 Å². The third kappa shape index (κ3) is 9.31. The van der Waals surface area contributed by atoms with Gasteiger partial charge in [-0.2, -0.15) is 15.5 Å². The molecule has 2 aliphatic carbocycles. The maximum absolute atomic E-state index is 14.8. The van der Waals surface area contributed by atoms with Crippen molar-refractivity contribution in [1.82, 2.24) is 34.7 Å². The van der Waals surface area contributed by atoms with Gasteiger partial charge in [0, 0.05) is 127 Å². The number of fused-ring (bicyclic) bond motifs is 2. The van der Waals surface area contributed by atoms with Crippen molar-refractivity contribution in [2.24, 2.45) is 17.9 Å². The fraction of sp³-hybridized carbons (Fsp3) is 0.526. The number of nitrogens with zero attached hydrogens (tertiary/aromatic N) is 9. The Bertz CT molecular complexity index is 2890.